The van der Waals surface area contributed by atoms with Gasteiger partial charge in [-0.05, 0) is 61.4 Å². The molecule has 18 nitrogen and oxygen atoms in total. The van der Waals surface area contributed by atoms with Crippen LogP contribution >= 0.6 is 0 Å². The molecule has 45 heavy (non-hydrogen) atoms. The number of imidazole rings is 1. The number of carbonyl (C=O) groups is 4. The number of carboxylic acids is 4. The van der Waals surface area contributed by atoms with E-state index in [4.69, 9.17) is 49.0 Å². The minimum Gasteiger partial charge on any atom is -0.543 e. The van der Waals surface area contributed by atoms with Crippen LogP contribution in [0, 0.1) is 6.92 Å². The number of aromatic nitrogens is 6. The Morgan fingerprint density at radius 3 is 2.02 bits per heavy atom. The molecular weight excluding hydrogens is 596 g/mol. The van der Waals surface area contributed by atoms with Gasteiger partial charge in [-0.15, -0.1) is 0 Å². The minimum absolute atomic E-state index is 0.139. The average Bonchev–Trinajstić information content (AvgIpc) is 3.69. The molecule has 1 aliphatic rings. The maximum Gasteiger partial charge on any atom is 0.363 e. The first kappa shape index (κ1) is 34.0. The van der Waals surface area contributed by atoms with E-state index in [0.717, 1.165) is 61.0 Å². The quantitative estimate of drug-likeness (QED) is 0.180. The summed E-state index contributed by atoms with van der Waals surface area (Å²) in [6.45, 7) is 8.33. The second-order valence-corrected chi connectivity index (χ2v) is 9.73. The number of furan rings is 1. The first-order valence-corrected chi connectivity index (χ1v) is 13.7. The largest absolute Gasteiger partial charge is 0.543 e. The molecule has 1 fully saturated rings. The molecule has 0 bridgehead atoms. The van der Waals surface area contributed by atoms with Crippen molar-refractivity contribution in [3.8, 4) is 0 Å². The van der Waals surface area contributed by atoms with Crippen LogP contribution < -0.4 is 31.4 Å². The first-order valence-electron chi connectivity index (χ1n) is 13.7. The summed E-state index contributed by atoms with van der Waals surface area (Å²) in [6.07, 6.45) is 2.03. The van der Waals surface area contributed by atoms with E-state index >= 15 is 0 Å². The summed E-state index contributed by atoms with van der Waals surface area (Å²) in [5, 5.41) is 47.2. The van der Waals surface area contributed by atoms with Crippen molar-refractivity contribution in [2.75, 3.05) is 25.0 Å². The molecule has 0 unspecified atom stereocenters. The highest BCUT2D eigenvalue weighted by atomic mass is 16.4. The molecule has 4 heterocycles. The molecule has 0 aliphatic carbocycles. The maximum absolute atomic E-state index is 12.1. The Hall–Kier alpha value is -5.52. The van der Waals surface area contributed by atoms with Crippen LogP contribution in [0.25, 0.3) is 11.0 Å². The summed E-state index contributed by atoms with van der Waals surface area (Å²) in [6, 6.07) is 12.6. The number of para-hydroxylation sites is 2. The van der Waals surface area contributed by atoms with Crippen LogP contribution in [0.5, 0.6) is 0 Å². The molecule has 1 aromatic carbocycles. The Kier molecular flexibility index (Phi) is 11.9. The van der Waals surface area contributed by atoms with Crippen molar-refractivity contribution in [1.29, 1.82) is 0 Å². The summed E-state index contributed by atoms with van der Waals surface area (Å²) in [4.78, 5) is 55.1. The number of piperidine rings is 1. The van der Waals surface area contributed by atoms with E-state index < -0.39 is 23.9 Å². The normalized spacial score (nSPS) is 13.3. The predicted molar refractivity (Wildman–Crippen MR) is 145 cm³/mol. The topological polar surface area (TPSA) is 259 Å². The Labute approximate surface area is 255 Å². The fraction of sp³-hybridized carbons (Fsp3) is 0.407. The van der Waals surface area contributed by atoms with Gasteiger partial charge in [-0.25, -0.2) is 9.78 Å². The number of benzene rings is 1. The van der Waals surface area contributed by atoms with Gasteiger partial charge in [0.15, 0.2) is 0 Å². The number of nitrogens with one attached hydrogen (secondary N) is 1. The average molecular weight is 627 g/mol. The van der Waals surface area contributed by atoms with Crippen LogP contribution in [0.1, 0.15) is 31.3 Å². The van der Waals surface area contributed by atoms with E-state index in [1.165, 1.54) is 9.36 Å². The van der Waals surface area contributed by atoms with Crippen LogP contribution in [0.2, 0.25) is 0 Å². The van der Waals surface area contributed by atoms with Crippen LogP contribution in [0.15, 0.2) is 45.6 Å². The summed E-state index contributed by atoms with van der Waals surface area (Å²) < 4.78 is 10.9. The van der Waals surface area contributed by atoms with E-state index in [1.807, 2.05) is 44.2 Å². The number of hydrogen-bond donors (Lipinski definition) is 1. The highest BCUT2D eigenvalue weighted by molar-refractivity contribution is 6.25. The van der Waals surface area contributed by atoms with Gasteiger partial charge in [0, 0.05) is 32.2 Å². The van der Waals surface area contributed by atoms with Crippen molar-refractivity contribution < 1.29 is 44.0 Å². The lowest BCUT2D eigenvalue weighted by Crippen LogP contribution is -2.42. The molecule has 0 spiro atoms. The minimum atomic E-state index is -2.19. The summed E-state index contributed by atoms with van der Waals surface area (Å²) in [5.41, 5.74) is 1.93. The molecule has 242 valence electrons. The third-order valence-electron chi connectivity index (χ3n) is 6.64. The van der Waals surface area contributed by atoms with Gasteiger partial charge in [0.1, 0.15) is 11.5 Å². The van der Waals surface area contributed by atoms with Gasteiger partial charge in [0.2, 0.25) is 5.95 Å². The van der Waals surface area contributed by atoms with E-state index in [1.54, 1.807) is 0 Å². The van der Waals surface area contributed by atoms with Gasteiger partial charge in [-0.1, -0.05) is 12.1 Å². The second-order valence-electron chi connectivity index (χ2n) is 9.73. The van der Waals surface area contributed by atoms with Crippen LogP contribution in [0.4, 0.5) is 5.95 Å². The van der Waals surface area contributed by atoms with Crippen molar-refractivity contribution in [3.05, 3.63) is 58.4 Å². The van der Waals surface area contributed by atoms with Crippen molar-refractivity contribution in [1.82, 2.24) is 34.2 Å². The van der Waals surface area contributed by atoms with Crippen LogP contribution in [-0.4, -0.2) is 83.8 Å². The highest BCUT2D eigenvalue weighted by Crippen LogP contribution is 2.24. The molecule has 1 N–H and O–H groups in total. The number of aliphatic carboxylic acids is 4. The number of carbonyl (C=O) groups excluding carboxylic acids is 4. The lowest BCUT2D eigenvalue weighted by molar-refractivity contribution is -0.345. The van der Waals surface area contributed by atoms with Crippen molar-refractivity contribution in [2.45, 2.75) is 52.4 Å². The lowest BCUT2D eigenvalue weighted by atomic mass is 10.1. The molecular formula is C27H30N8O10-4. The van der Waals surface area contributed by atoms with E-state index in [0.29, 0.717) is 25.7 Å². The van der Waals surface area contributed by atoms with Gasteiger partial charge in [0.25, 0.3) is 0 Å². The Morgan fingerprint density at radius 2 is 1.49 bits per heavy atom. The van der Waals surface area contributed by atoms with Crippen molar-refractivity contribution in [2.24, 2.45) is 0 Å². The van der Waals surface area contributed by atoms with Gasteiger partial charge < -0.3 is 58.8 Å². The number of likely N-dealkylation sites (tertiary alicyclic amines) is 1. The van der Waals surface area contributed by atoms with E-state index in [9.17, 15) is 4.79 Å². The van der Waals surface area contributed by atoms with Crippen molar-refractivity contribution >= 4 is 40.9 Å². The zero-order chi connectivity index (χ0) is 33.1. The van der Waals surface area contributed by atoms with Crippen LogP contribution in [-0.2, 0) is 38.8 Å². The number of aryl methyl sites for hydroxylation is 2. The molecule has 0 saturated carbocycles. The standard InChI is InChI=1S/C23H30N8O2.2C2H2O4/c1-3-30-23(32)31(27-26-30)15-14-28-12-10-18(11-13-28)24-22-25-20-6-4-5-7-21(20)29(22)16-19-9-8-17(2)33-19;2*3-1(4)2(5)6/h4-9,18H,3,10-16H2,1-2H3,(H,24,25);2*(H,3,4)(H,5,6)/p-4. The molecule has 18 heteroatoms. The van der Waals surface area contributed by atoms with Gasteiger partial charge >= 0.3 is 5.69 Å². The van der Waals surface area contributed by atoms with Crippen LogP contribution in [0.3, 0.4) is 0 Å². The molecule has 4 aromatic rings. The summed E-state index contributed by atoms with van der Waals surface area (Å²) in [5.74, 6) is -6.03. The van der Waals surface area contributed by atoms with E-state index in [2.05, 4.69) is 31.3 Å². The summed E-state index contributed by atoms with van der Waals surface area (Å²) in [7, 11) is 0. The van der Waals surface area contributed by atoms with Gasteiger partial charge in [-0.2, -0.15) is 9.36 Å². The maximum atomic E-state index is 12.1. The monoisotopic (exact) mass is 626 g/mol. The zero-order valence-corrected chi connectivity index (χ0v) is 24.4. The molecule has 0 radical (unpaired) electrons. The number of carboxylic acid groups (broad SMARTS) is 4. The van der Waals surface area contributed by atoms with Gasteiger partial charge in [-0.3, -0.25) is 0 Å². The van der Waals surface area contributed by atoms with E-state index in [-0.39, 0.29) is 5.69 Å². The van der Waals surface area contributed by atoms with Crippen molar-refractivity contribution in [3.63, 3.8) is 0 Å². The third-order valence-corrected chi connectivity index (χ3v) is 6.64. The second kappa shape index (κ2) is 15.8. The Balaban J connectivity index is 0.000000392. The Morgan fingerprint density at radius 1 is 0.889 bits per heavy atom. The molecule has 5 rings (SSSR count). The van der Waals surface area contributed by atoms with Gasteiger partial charge in [0.05, 0.1) is 48.0 Å². The number of rotatable bonds is 8. The summed E-state index contributed by atoms with van der Waals surface area (Å²) >= 11 is 0. The Bertz CT molecular complexity index is 1630. The predicted octanol–water partition coefficient (Wildman–Crippen LogP) is -4.69. The number of fused-ring (bicyclic) bond motifs is 1. The zero-order valence-electron chi connectivity index (χ0n) is 24.4. The molecule has 1 aliphatic heterocycles. The fourth-order valence-electron chi connectivity index (χ4n) is 4.44. The fourth-order valence-corrected chi connectivity index (χ4v) is 4.44. The lowest BCUT2D eigenvalue weighted by Gasteiger charge is -2.32. The molecule has 0 amide bonds. The smallest absolute Gasteiger partial charge is 0.363 e. The molecule has 0 atom stereocenters. The molecule has 1 saturated heterocycles. The first-order chi connectivity index (χ1) is 21.4. The molecule has 3 aromatic heterocycles. The number of tetrazole rings is 1. The third kappa shape index (κ3) is 9.75. The number of nitrogens with zero attached hydrogens (tertiary/aromatic N) is 7. The SMILES string of the molecule is CCn1nnn(CCN2CCC(Nc3nc4ccccc4n3Cc3ccc(C)o3)CC2)c1=O.O=C([O-])C(=O)[O-].O=C([O-])C(=O)[O-]. The number of hydrogen-bond acceptors (Lipinski definition) is 15. The highest BCUT2D eigenvalue weighted by Gasteiger charge is 2.22. The number of anilines is 1.